The molecule has 0 spiro atoms. The van der Waals surface area contributed by atoms with E-state index in [9.17, 15) is 14.7 Å². The number of ketones is 1. The summed E-state index contributed by atoms with van der Waals surface area (Å²) in [6, 6.07) is 5.73. The lowest BCUT2D eigenvalue weighted by Gasteiger charge is -2.49. The van der Waals surface area contributed by atoms with Crippen molar-refractivity contribution in [3.8, 4) is 5.75 Å². The van der Waals surface area contributed by atoms with Gasteiger partial charge in [-0.15, -0.1) is 0 Å². The van der Waals surface area contributed by atoms with Crippen molar-refractivity contribution in [1.82, 2.24) is 5.32 Å². The van der Waals surface area contributed by atoms with Gasteiger partial charge in [0.1, 0.15) is 30.1 Å². The fraction of sp³-hybridized carbons (Fsp3) is 0.579. The highest BCUT2D eigenvalue weighted by molar-refractivity contribution is 5.94. The molecule has 2 fully saturated rings. The first-order valence-electron chi connectivity index (χ1n) is 8.86. The number of Topliss-reactive ketones (excluding diaryl/α,β-unsaturated/α-hetero) is 1. The molecule has 27 heavy (non-hydrogen) atoms. The average Bonchev–Trinajstić information content (AvgIpc) is 2.59. The van der Waals surface area contributed by atoms with E-state index in [1.54, 1.807) is 38.1 Å². The van der Waals surface area contributed by atoms with Crippen molar-refractivity contribution in [2.45, 2.75) is 64.1 Å². The van der Waals surface area contributed by atoms with Crippen LogP contribution >= 0.6 is 0 Å². The molecule has 8 nitrogen and oxygen atoms in total. The van der Waals surface area contributed by atoms with Gasteiger partial charge in [-0.1, -0.05) is 0 Å². The van der Waals surface area contributed by atoms with Crippen LogP contribution in [0.3, 0.4) is 0 Å². The van der Waals surface area contributed by atoms with Crippen LogP contribution in [0.25, 0.3) is 0 Å². The Bertz CT molecular complexity index is 703. The summed E-state index contributed by atoms with van der Waals surface area (Å²) in [6.45, 7) is 6.57. The Morgan fingerprint density at radius 2 is 1.89 bits per heavy atom. The highest BCUT2D eigenvalue weighted by Crippen LogP contribution is 2.33. The predicted octanol–water partition coefficient (Wildman–Crippen LogP) is 1.01. The first-order chi connectivity index (χ1) is 12.7. The number of hydrogen-bond donors (Lipinski definition) is 2. The minimum atomic E-state index is -1.04. The van der Waals surface area contributed by atoms with E-state index in [0.717, 1.165) is 0 Å². The summed E-state index contributed by atoms with van der Waals surface area (Å²) in [4.78, 5) is 23.0. The molecule has 2 heterocycles. The fourth-order valence-corrected chi connectivity index (χ4v) is 3.24. The second kappa shape index (κ2) is 7.55. The molecule has 0 aromatic heterocycles. The van der Waals surface area contributed by atoms with Gasteiger partial charge in [0, 0.05) is 12.5 Å². The molecule has 5 atom stereocenters. The fourth-order valence-electron chi connectivity index (χ4n) is 3.24. The molecule has 8 heteroatoms. The van der Waals surface area contributed by atoms with Crippen LogP contribution in [-0.2, 0) is 19.0 Å². The van der Waals surface area contributed by atoms with E-state index in [0.29, 0.717) is 11.3 Å². The maximum atomic E-state index is 11.6. The molecule has 148 valence electrons. The van der Waals surface area contributed by atoms with Gasteiger partial charge < -0.3 is 29.4 Å². The average molecular weight is 379 g/mol. The van der Waals surface area contributed by atoms with Crippen LogP contribution in [0.4, 0.5) is 0 Å². The Morgan fingerprint density at radius 1 is 1.22 bits per heavy atom. The number of benzene rings is 1. The number of aliphatic hydroxyl groups is 1. The Morgan fingerprint density at radius 3 is 2.48 bits per heavy atom. The SMILES string of the molecule is CC(=O)N[C@H]1[C@@H](Oc2ccc(C(C)=O)cc2)O[C@H]2COC(C)(C)O[C@@H]2[C@H]1O. The van der Waals surface area contributed by atoms with Gasteiger partial charge in [0.2, 0.25) is 12.2 Å². The predicted molar refractivity (Wildman–Crippen MR) is 94.3 cm³/mol. The topological polar surface area (TPSA) is 103 Å². The zero-order chi connectivity index (χ0) is 19.8. The largest absolute Gasteiger partial charge is 0.463 e. The Hall–Kier alpha value is -2.00. The van der Waals surface area contributed by atoms with Crippen LogP contribution in [0, 0.1) is 0 Å². The summed E-state index contributed by atoms with van der Waals surface area (Å²) in [5.74, 6) is -0.788. The molecule has 2 saturated heterocycles. The van der Waals surface area contributed by atoms with Gasteiger partial charge in [0.15, 0.2) is 11.6 Å². The highest BCUT2D eigenvalue weighted by atomic mass is 16.8. The number of fused-ring (bicyclic) bond motifs is 1. The first-order valence-corrected chi connectivity index (χ1v) is 8.86. The van der Waals surface area contributed by atoms with E-state index in [-0.39, 0.29) is 18.3 Å². The van der Waals surface area contributed by atoms with Crippen LogP contribution in [0.15, 0.2) is 24.3 Å². The molecule has 0 saturated carbocycles. The number of ether oxygens (including phenoxy) is 4. The van der Waals surface area contributed by atoms with E-state index >= 15 is 0 Å². The standard InChI is InChI=1S/C19H25NO7/c1-10(21)12-5-7-13(8-6-12)25-18-15(20-11(2)22)16(23)17-14(26-18)9-24-19(3,4)27-17/h5-8,14-18,23H,9H2,1-4H3,(H,20,22)/t14-,15+,16-,17-,18-/m0/s1. The molecule has 0 radical (unpaired) electrons. The summed E-state index contributed by atoms with van der Waals surface area (Å²) in [5, 5.41) is 13.5. The lowest BCUT2D eigenvalue weighted by atomic mass is 9.95. The number of rotatable bonds is 4. The number of carbonyl (C=O) groups excluding carboxylic acids is 2. The number of carbonyl (C=O) groups is 2. The van der Waals surface area contributed by atoms with Gasteiger partial charge >= 0.3 is 0 Å². The quantitative estimate of drug-likeness (QED) is 0.753. The lowest BCUT2D eigenvalue weighted by Crippen LogP contribution is -2.69. The second-order valence-electron chi connectivity index (χ2n) is 7.25. The van der Waals surface area contributed by atoms with E-state index < -0.39 is 36.4 Å². The molecule has 2 N–H and O–H groups in total. The summed E-state index contributed by atoms with van der Waals surface area (Å²) >= 11 is 0. The van der Waals surface area contributed by atoms with Crippen LogP contribution in [-0.4, -0.2) is 59.8 Å². The lowest BCUT2D eigenvalue weighted by molar-refractivity contribution is -0.361. The Balaban J connectivity index is 1.79. The van der Waals surface area contributed by atoms with Crippen molar-refractivity contribution in [2.75, 3.05) is 6.61 Å². The van der Waals surface area contributed by atoms with Gasteiger partial charge in [-0.3, -0.25) is 9.59 Å². The van der Waals surface area contributed by atoms with Gasteiger partial charge in [-0.25, -0.2) is 0 Å². The molecular weight excluding hydrogens is 354 g/mol. The highest BCUT2D eigenvalue weighted by Gasteiger charge is 2.52. The molecule has 2 aliphatic rings. The van der Waals surface area contributed by atoms with Crippen LogP contribution in [0.1, 0.15) is 38.1 Å². The van der Waals surface area contributed by atoms with Crippen LogP contribution in [0.2, 0.25) is 0 Å². The molecule has 0 aliphatic carbocycles. The molecule has 1 amide bonds. The zero-order valence-corrected chi connectivity index (χ0v) is 15.8. The van der Waals surface area contributed by atoms with Gasteiger partial charge in [-0.2, -0.15) is 0 Å². The molecule has 0 unspecified atom stereocenters. The molecule has 3 rings (SSSR count). The third-order valence-corrected chi connectivity index (χ3v) is 4.57. The third-order valence-electron chi connectivity index (χ3n) is 4.57. The second-order valence-corrected chi connectivity index (χ2v) is 7.25. The van der Waals surface area contributed by atoms with Crippen molar-refractivity contribution in [1.29, 1.82) is 0 Å². The van der Waals surface area contributed by atoms with Crippen molar-refractivity contribution in [2.24, 2.45) is 0 Å². The summed E-state index contributed by atoms with van der Waals surface area (Å²) in [6.07, 6.45) is -3.19. The van der Waals surface area contributed by atoms with Crippen molar-refractivity contribution in [3.05, 3.63) is 29.8 Å². The number of amides is 1. The van der Waals surface area contributed by atoms with Crippen molar-refractivity contribution in [3.63, 3.8) is 0 Å². The van der Waals surface area contributed by atoms with E-state index in [1.807, 2.05) is 0 Å². The minimum Gasteiger partial charge on any atom is -0.463 e. The monoisotopic (exact) mass is 379 g/mol. The van der Waals surface area contributed by atoms with E-state index in [4.69, 9.17) is 18.9 Å². The van der Waals surface area contributed by atoms with Crippen LogP contribution in [0.5, 0.6) is 5.75 Å². The van der Waals surface area contributed by atoms with Gasteiger partial charge in [-0.05, 0) is 45.0 Å². The normalized spacial score (nSPS) is 32.3. The van der Waals surface area contributed by atoms with Gasteiger partial charge in [0.25, 0.3) is 0 Å². The Kier molecular flexibility index (Phi) is 5.53. The van der Waals surface area contributed by atoms with Crippen molar-refractivity contribution >= 4 is 11.7 Å². The Labute approximate surface area is 157 Å². The van der Waals surface area contributed by atoms with Crippen LogP contribution < -0.4 is 10.1 Å². The van der Waals surface area contributed by atoms with E-state index in [1.165, 1.54) is 13.8 Å². The van der Waals surface area contributed by atoms with Crippen molar-refractivity contribution < 1.29 is 33.6 Å². The number of aliphatic hydroxyl groups excluding tert-OH is 1. The maximum absolute atomic E-state index is 11.6. The molecule has 0 bridgehead atoms. The summed E-state index contributed by atoms with van der Waals surface area (Å²) < 4.78 is 23.2. The maximum Gasteiger partial charge on any atom is 0.223 e. The smallest absolute Gasteiger partial charge is 0.223 e. The van der Waals surface area contributed by atoms with Gasteiger partial charge in [0.05, 0.1) is 6.61 Å². The number of hydrogen-bond acceptors (Lipinski definition) is 7. The first kappa shape index (κ1) is 19.8. The van der Waals surface area contributed by atoms with E-state index in [2.05, 4.69) is 5.32 Å². The summed E-state index contributed by atoms with van der Waals surface area (Å²) in [5.41, 5.74) is 0.557. The molecule has 1 aromatic rings. The molecular formula is C19H25NO7. The molecule has 1 aromatic carbocycles. The summed E-state index contributed by atoms with van der Waals surface area (Å²) in [7, 11) is 0. The number of nitrogens with one attached hydrogen (secondary N) is 1. The third kappa shape index (κ3) is 4.47. The zero-order valence-electron chi connectivity index (χ0n) is 15.8. The molecule has 2 aliphatic heterocycles. The minimum absolute atomic E-state index is 0.0519.